The van der Waals surface area contributed by atoms with E-state index in [4.69, 9.17) is 13.8 Å². The Balaban J connectivity index is 1.38. The van der Waals surface area contributed by atoms with E-state index in [1.165, 1.54) is 67.8 Å². The third-order valence-electron chi connectivity index (χ3n) is 8.99. The number of fused-ring (bicyclic) bond motifs is 1. The van der Waals surface area contributed by atoms with Crippen molar-refractivity contribution in [2.45, 2.75) is 19.6 Å². The number of nitrogens with one attached hydrogen (secondary N) is 3. The van der Waals surface area contributed by atoms with Crippen molar-refractivity contribution in [1.29, 1.82) is 0 Å². The molecular formula is C36H34N8O20S6. The minimum absolute atomic E-state index is 0.00484. The minimum atomic E-state index is -5.22. The van der Waals surface area contributed by atoms with Gasteiger partial charge >= 0.3 is 20.8 Å². The van der Waals surface area contributed by atoms with Gasteiger partial charge in [0.15, 0.2) is 25.4 Å². The molecule has 0 unspecified atom stereocenters. The monoisotopic (exact) mass is 1090 g/mol. The minimum Gasteiger partial charge on any atom is -0.505 e. The zero-order valence-corrected chi connectivity index (χ0v) is 39.9. The average molecular weight is 1090 g/mol. The Morgan fingerprint density at radius 1 is 0.543 bits per heavy atom. The van der Waals surface area contributed by atoms with Crippen LogP contribution >= 0.6 is 0 Å². The number of aromatic nitrogens is 3. The van der Waals surface area contributed by atoms with Crippen molar-refractivity contribution in [1.82, 2.24) is 15.0 Å². The second-order valence-corrected chi connectivity index (χ2v) is 23.0. The highest BCUT2D eigenvalue weighted by molar-refractivity contribution is 7.91. The van der Waals surface area contributed by atoms with E-state index in [-0.39, 0.29) is 61.2 Å². The number of nitrogens with zero attached hydrogens (tertiary/aromatic N) is 5. The molecule has 0 aliphatic rings. The molecule has 1 aromatic heterocycles. The average Bonchev–Trinajstić information content (AvgIpc) is 3.24. The summed E-state index contributed by atoms with van der Waals surface area (Å²) < 4.78 is 196. The number of phenolic OH excluding ortho intramolecular Hbond substituents is 1. The van der Waals surface area contributed by atoms with Crippen LogP contribution in [-0.2, 0) is 69.1 Å². The fourth-order valence-electron chi connectivity index (χ4n) is 5.94. The molecule has 0 radical (unpaired) electrons. The highest BCUT2D eigenvalue weighted by atomic mass is 32.3. The second-order valence-electron chi connectivity index (χ2n) is 13.9. The molecule has 0 fully saturated rings. The van der Waals surface area contributed by atoms with Gasteiger partial charge in [-0.05, 0) is 78.2 Å². The van der Waals surface area contributed by atoms with Crippen molar-refractivity contribution in [2.75, 3.05) is 47.8 Å². The molecular weight excluding hydrogens is 1060 g/mol. The Bertz CT molecular complexity index is 3620. The van der Waals surface area contributed by atoms with Gasteiger partial charge in [-0.25, -0.2) is 25.2 Å². The van der Waals surface area contributed by atoms with Crippen molar-refractivity contribution in [3.8, 4) is 11.5 Å². The number of sulfone groups is 2. The van der Waals surface area contributed by atoms with Gasteiger partial charge in [0.25, 0.3) is 20.2 Å². The van der Waals surface area contributed by atoms with Gasteiger partial charge in [-0.15, -0.1) is 10.2 Å². The van der Waals surface area contributed by atoms with Crippen molar-refractivity contribution in [2.24, 2.45) is 10.2 Å². The maximum atomic E-state index is 13.0. The van der Waals surface area contributed by atoms with Crippen LogP contribution in [0.3, 0.4) is 0 Å². The summed E-state index contributed by atoms with van der Waals surface area (Å²) in [7, 11) is -27.3. The fourth-order valence-corrected chi connectivity index (χ4v) is 10.3. The van der Waals surface area contributed by atoms with Crippen LogP contribution in [0.5, 0.6) is 11.5 Å². The first-order chi connectivity index (χ1) is 32.5. The Hall–Kier alpha value is -6.57. The first-order valence-corrected chi connectivity index (χ1v) is 27.7. The van der Waals surface area contributed by atoms with Crippen LogP contribution < -0.4 is 20.7 Å². The summed E-state index contributed by atoms with van der Waals surface area (Å²) in [5, 5.41) is 26.9. The number of anilines is 6. The molecule has 0 aliphatic carbocycles. The summed E-state index contributed by atoms with van der Waals surface area (Å²) in [5.41, 5.74) is -1.20. The van der Waals surface area contributed by atoms with Crippen molar-refractivity contribution >= 4 is 118 Å². The van der Waals surface area contributed by atoms with Crippen LogP contribution in [0.4, 0.5) is 46.3 Å². The number of hydrogen-bond acceptors (Lipinski definition) is 24. The molecule has 0 spiro atoms. The molecule has 0 amide bonds. The predicted octanol–water partition coefficient (Wildman–Crippen LogP) is 4.06. The van der Waals surface area contributed by atoms with Gasteiger partial charge in [-0.2, -0.15) is 48.6 Å². The standard InChI is InChI=1S/C36H34N8O20S6/c1-62-25-9-11-29(30(20-25)67(50,51)52)43-44-32-31(68(53,54)55)17-21-16-24(8-10-28(21)33(32)45)39-36-41-34(37-22-4-2-6-26(18-22)65(46,47)14-12-63-69(56,57)58)40-35(42-36)38-23-5-3-7-27(19-23)66(48,49)15-13-64-70(59,60)61/h2-11,16-20,45H,12-15H2,1H3,(H,50,51,52)(H,53,54,55)(H,56,57,58)(H,59,60,61)(H3,37,38,39,40,41,42). The second kappa shape index (κ2) is 20.4. The van der Waals surface area contributed by atoms with Gasteiger partial charge in [0.05, 0.1) is 41.6 Å². The summed E-state index contributed by atoms with van der Waals surface area (Å²) >= 11 is 0. The van der Waals surface area contributed by atoms with Gasteiger partial charge in [0.2, 0.25) is 17.8 Å². The number of aromatic hydroxyl groups is 1. The Kier molecular flexibility index (Phi) is 15.4. The Morgan fingerprint density at radius 3 is 1.46 bits per heavy atom. The van der Waals surface area contributed by atoms with Crippen LogP contribution in [0.25, 0.3) is 10.8 Å². The lowest BCUT2D eigenvalue weighted by molar-refractivity contribution is 0.282. The third-order valence-corrected chi connectivity index (χ3v) is 15.0. The zero-order chi connectivity index (χ0) is 51.5. The molecule has 5 aromatic carbocycles. The highest BCUT2D eigenvalue weighted by Gasteiger charge is 2.25. The summed E-state index contributed by atoms with van der Waals surface area (Å²) in [4.78, 5) is 10.4. The Labute approximate surface area is 397 Å². The maximum absolute atomic E-state index is 13.0. The molecule has 0 aliphatic heterocycles. The molecule has 0 bridgehead atoms. The summed E-state index contributed by atoms with van der Waals surface area (Å²) in [6, 6.07) is 17.9. The van der Waals surface area contributed by atoms with Gasteiger partial charge < -0.3 is 25.8 Å². The predicted molar refractivity (Wildman–Crippen MR) is 244 cm³/mol. The first-order valence-electron chi connectivity index (χ1n) is 18.8. The lowest BCUT2D eigenvalue weighted by Gasteiger charge is -2.14. The number of azo groups is 1. The lowest BCUT2D eigenvalue weighted by atomic mass is 10.1. The lowest BCUT2D eigenvalue weighted by Crippen LogP contribution is -2.15. The summed E-state index contributed by atoms with van der Waals surface area (Å²) in [6.07, 6.45) is 0. The molecule has 70 heavy (non-hydrogen) atoms. The molecule has 34 heteroatoms. The molecule has 0 saturated heterocycles. The van der Waals surface area contributed by atoms with E-state index in [1.807, 2.05) is 0 Å². The molecule has 0 saturated carbocycles. The van der Waals surface area contributed by atoms with E-state index in [0.29, 0.717) is 0 Å². The Morgan fingerprint density at radius 2 is 1.01 bits per heavy atom. The van der Waals surface area contributed by atoms with Crippen molar-refractivity contribution in [3.05, 3.63) is 91.0 Å². The van der Waals surface area contributed by atoms with Gasteiger partial charge in [-0.3, -0.25) is 18.2 Å². The van der Waals surface area contributed by atoms with Gasteiger partial charge in [0, 0.05) is 28.5 Å². The SMILES string of the molecule is COc1ccc(N=Nc2c(S(=O)(=O)O)cc3cc(Nc4nc(Nc5cccc(S(=O)(=O)CCOS(=O)(=O)O)c5)nc(Nc5cccc(S(=O)(=O)CCOS(=O)(=O)O)c5)n4)ccc3c2O)c(S(=O)(=O)O)c1. The van der Waals surface area contributed by atoms with Crippen LogP contribution in [0.15, 0.2) is 121 Å². The zero-order valence-electron chi connectivity index (χ0n) is 35.0. The first kappa shape index (κ1) is 52.8. The van der Waals surface area contributed by atoms with E-state index < -0.39 is 112 Å². The van der Waals surface area contributed by atoms with Gasteiger partial charge in [0.1, 0.15) is 26.9 Å². The van der Waals surface area contributed by atoms with Crippen LogP contribution in [0, 0.1) is 0 Å². The molecule has 6 rings (SSSR count). The number of ether oxygens (including phenoxy) is 1. The van der Waals surface area contributed by atoms with Crippen molar-refractivity contribution < 1.29 is 86.9 Å². The van der Waals surface area contributed by atoms with E-state index in [0.717, 1.165) is 30.3 Å². The molecule has 8 N–H and O–H groups in total. The van der Waals surface area contributed by atoms with E-state index >= 15 is 0 Å². The molecule has 374 valence electrons. The fraction of sp³-hybridized carbons (Fsp3) is 0.139. The maximum Gasteiger partial charge on any atom is 0.397 e. The van der Waals surface area contributed by atoms with E-state index in [1.54, 1.807) is 0 Å². The number of methoxy groups -OCH3 is 1. The molecule has 1 heterocycles. The van der Waals surface area contributed by atoms with E-state index in [2.05, 4.69) is 49.5 Å². The normalized spacial score (nSPS) is 12.8. The van der Waals surface area contributed by atoms with E-state index in [9.17, 15) is 64.7 Å². The summed E-state index contributed by atoms with van der Waals surface area (Å²) in [5.74, 6) is -3.53. The number of phenols is 1. The smallest absolute Gasteiger partial charge is 0.397 e. The van der Waals surface area contributed by atoms with Crippen LogP contribution in [0.1, 0.15) is 0 Å². The molecule has 0 atom stereocenters. The highest BCUT2D eigenvalue weighted by Crippen LogP contribution is 2.43. The number of hydrogen-bond donors (Lipinski definition) is 8. The molecule has 28 nitrogen and oxygen atoms in total. The molecule has 6 aromatic rings. The van der Waals surface area contributed by atoms with Crippen LogP contribution in [0.2, 0.25) is 0 Å². The third kappa shape index (κ3) is 14.0. The van der Waals surface area contributed by atoms with Gasteiger partial charge in [-0.1, -0.05) is 12.1 Å². The summed E-state index contributed by atoms with van der Waals surface area (Å²) in [6.45, 7) is -1.83. The largest absolute Gasteiger partial charge is 0.505 e. The number of rotatable bonds is 21. The van der Waals surface area contributed by atoms with Crippen LogP contribution in [-0.4, -0.2) is 121 Å². The topological polar surface area (TPSA) is 433 Å². The number of benzene rings is 5. The quantitative estimate of drug-likeness (QED) is 0.0372. The van der Waals surface area contributed by atoms with Crippen molar-refractivity contribution in [3.63, 3.8) is 0 Å².